The van der Waals surface area contributed by atoms with Crippen molar-refractivity contribution in [3.05, 3.63) is 23.8 Å². The average Bonchev–Trinajstić information content (AvgIpc) is 2.79. The zero-order valence-electron chi connectivity index (χ0n) is 27.2. The number of hydrogen-bond donors (Lipinski definition) is 3. The van der Waals surface area contributed by atoms with Crippen LogP contribution in [0.5, 0.6) is 0 Å². The molecular weight excluding hydrogens is 562 g/mol. The van der Waals surface area contributed by atoms with Crippen molar-refractivity contribution in [3.8, 4) is 0 Å². The Hall–Kier alpha value is -3.81. The van der Waals surface area contributed by atoms with Gasteiger partial charge in [0.15, 0.2) is 0 Å². The molecule has 0 saturated heterocycles. The first-order valence-electron chi connectivity index (χ1n) is 14.0. The minimum atomic E-state index is -1.02. The van der Waals surface area contributed by atoms with Crippen LogP contribution in [0.2, 0.25) is 0 Å². The highest BCUT2D eigenvalue weighted by molar-refractivity contribution is 5.88. The summed E-state index contributed by atoms with van der Waals surface area (Å²) in [6.45, 7) is 19.0. The summed E-state index contributed by atoms with van der Waals surface area (Å²) in [6.07, 6.45) is 2.99. The molecule has 4 atom stereocenters. The summed E-state index contributed by atoms with van der Waals surface area (Å²) in [5.74, 6) is -1.33. The molecule has 14 nitrogen and oxygen atoms in total. The molecule has 0 aliphatic carbocycles. The number of amides is 5. The molecule has 2 heterocycles. The van der Waals surface area contributed by atoms with E-state index < -0.39 is 65.0 Å². The van der Waals surface area contributed by atoms with Crippen molar-refractivity contribution in [1.29, 1.82) is 0 Å². The van der Waals surface area contributed by atoms with E-state index in [1.54, 1.807) is 69.2 Å². The summed E-state index contributed by atoms with van der Waals surface area (Å²) < 4.78 is 15.7. The second-order valence-corrected chi connectivity index (χ2v) is 13.5. The lowest BCUT2D eigenvalue weighted by Crippen LogP contribution is -2.58. The molecule has 0 saturated carbocycles. The van der Waals surface area contributed by atoms with E-state index in [1.807, 2.05) is 19.1 Å². The van der Waals surface area contributed by atoms with Gasteiger partial charge in [0.25, 0.3) is 0 Å². The van der Waals surface area contributed by atoms with E-state index in [9.17, 15) is 29.2 Å². The number of carbonyl (C=O) groups is 5. The number of carbonyl (C=O) groups excluding carboxylic acids is 5. The first-order valence-corrected chi connectivity index (χ1v) is 14.0. The lowest BCUT2D eigenvalue weighted by Gasteiger charge is -2.39. The minimum Gasteiger partial charge on any atom is -0.444 e. The van der Waals surface area contributed by atoms with Crippen LogP contribution in [-0.4, -0.2) is 98.2 Å². The molecule has 0 fully saturated rings. The molecule has 0 spiro atoms. The standard InChI is InChI=1S/C17H29N3O6.C12H20N2O3/c1-10-8-11(20(24)15(23)26-17(5,6)7)9-19(12(10)13(18)21)14(22)25-16(2,3)4;1-8-6-5-7-14(9(8)10(13)15)11(16)17-12(2,3)4/h8,11-12,24H,9H2,1-7H3,(H2,18,21);5-6,8-9H,7H2,1-4H3,(H2,13,15)/t11-,12+;8-,9+/m11/s1. The van der Waals surface area contributed by atoms with Crippen LogP contribution in [0.4, 0.5) is 14.4 Å². The Kier molecular flexibility index (Phi) is 12.2. The average molecular weight is 612 g/mol. The normalized spacial score (nSPS) is 22.4. The number of ether oxygens (including phenoxy) is 3. The SMILES string of the molecule is CC1=C[C@@H](N(O)C(=O)OC(C)(C)C)CN(C(=O)OC(C)(C)C)[C@@H]1C(N)=O.C[C@@H]1C=CCN(C(=O)OC(C)(C)C)[C@@H]1C(N)=O. The quantitative estimate of drug-likeness (QED) is 0.186. The molecule has 0 aromatic carbocycles. The van der Waals surface area contributed by atoms with Gasteiger partial charge < -0.3 is 25.7 Å². The van der Waals surface area contributed by atoms with Crippen LogP contribution >= 0.6 is 0 Å². The Balaban J connectivity index is 0.000000469. The maximum absolute atomic E-state index is 12.5. The van der Waals surface area contributed by atoms with Gasteiger partial charge in [0.2, 0.25) is 11.8 Å². The molecule has 0 aromatic rings. The van der Waals surface area contributed by atoms with Gasteiger partial charge in [0.1, 0.15) is 28.9 Å². The van der Waals surface area contributed by atoms with Crippen LogP contribution < -0.4 is 11.5 Å². The predicted molar refractivity (Wildman–Crippen MR) is 158 cm³/mol. The van der Waals surface area contributed by atoms with Crippen molar-refractivity contribution in [1.82, 2.24) is 14.9 Å². The Bertz CT molecular complexity index is 1110. The third-order valence-corrected chi connectivity index (χ3v) is 5.87. The number of nitrogens with two attached hydrogens (primary N) is 2. The van der Waals surface area contributed by atoms with Gasteiger partial charge in [-0.05, 0) is 74.8 Å². The van der Waals surface area contributed by atoms with Gasteiger partial charge >= 0.3 is 18.3 Å². The van der Waals surface area contributed by atoms with Crippen LogP contribution in [0.1, 0.15) is 76.2 Å². The van der Waals surface area contributed by atoms with E-state index in [0.717, 1.165) is 4.90 Å². The van der Waals surface area contributed by atoms with Gasteiger partial charge in [-0.25, -0.2) is 14.4 Å². The van der Waals surface area contributed by atoms with Crippen LogP contribution in [-0.2, 0) is 23.8 Å². The fourth-order valence-corrected chi connectivity index (χ4v) is 4.28. The van der Waals surface area contributed by atoms with E-state index >= 15 is 0 Å². The minimum absolute atomic E-state index is 0.0891. The molecule has 0 unspecified atom stereocenters. The number of hydroxylamine groups is 2. The van der Waals surface area contributed by atoms with Gasteiger partial charge in [-0.15, -0.1) is 0 Å². The van der Waals surface area contributed by atoms with Gasteiger partial charge in [-0.3, -0.25) is 24.6 Å². The third kappa shape index (κ3) is 11.8. The van der Waals surface area contributed by atoms with Crippen LogP contribution in [0, 0.1) is 5.92 Å². The Morgan fingerprint density at radius 1 is 0.837 bits per heavy atom. The summed E-state index contributed by atoms with van der Waals surface area (Å²) in [7, 11) is 0. The fraction of sp³-hybridized carbons (Fsp3) is 0.690. The summed E-state index contributed by atoms with van der Waals surface area (Å²) in [4.78, 5) is 62.2. The van der Waals surface area contributed by atoms with Gasteiger partial charge in [0, 0.05) is 12.5 Å². The smallest absolute Gasteiger partial charge is 0.434 e. The molecule has 5 amide bonds. The molecule has 2 rings (SSSR count). The van der Waals surface area contributed by atoms with Crippen molar-refractivity contribution in [2.75, 3.05) is 13.1 Å². The van der Waals surface area contributed by atoms with E-state index in [2.05, 4.69) is 0 Å². The molecule has 2 aliphatic rings. The van der Waals surface area contributed by atoms with Crippen LogP contribution in [0.15, 0.2) is 23.8 Å². The van der Waals surface area contributed by atoms with E-state index in [0.29, 0.717) is 17.2 Å². The van der Waals surface area contributed by atoms with Gasteiger partial charge in [0.05, 0.1) is 12.6 Å². The summed E-state index contributed by atoms with van der Waals surface area (Å²) in [6, 6.07) is -2.56. The topological polar surface area (TPSA) is 195 Å². The molecule has 0 bridgehead atoms. The molecule has 0 radical (unpaired) electrons. The van der Waals surface area contributed by atoms with Crippen molar-refractivity contribution in [2.45, 2.75) is 111 Å². The number of nitrogens with zero attached hydrogens (tertiary/aromatic N) is 3. The maximum Gasteiger partial charge on any atom is 0.434 e. The monoisotopic (exact) mass is 611 g/mol. The van der Waals surface area contributed by atoms with Crippen LogP contribution in [0.25, 0.3) is 0 Å². The summed E-state index contributed by atoms with van der Waals surface area (Å²) in [5.41, 5.74) is 9.00. The molecular formula is C29H49N5O9. The summed E-state index contributed by atoms with van der Waals surface area (Å²) >= 11 is 0. The zero-order chi connectivity index (χ0) is 33.7. The second kappa shape index (κ2) is 14.1. The second-order valence-electron chi connectivity index (χ2n) is 13.5. The molecule has 244 valence electrons. The first kappa shape index (κ1) is 37.2. The molecule has 0 aromatic heterocycles. The van der Waals surface area contributed by atoms with E-state index in [1.165, 1.54) is 11.0 Å². The lowest BCUT2D eigenvalue weighted by molar-refractivity contribution is -0.128. The van der Waals surface area contributed by atoms with E-state index in [-0.39, 0.29) is 12.5 Å². The fourth-order valence-electron chi connectivity index (χ4n) is 4.28. The first-order chi connectivity index (χ1) is 19.3. The summed E-state index contributed by atoms with van der Waals surface area (Å²) in [5, 5.41) is 10.6. The van der Waals surface area contributed by atoms with Gasteiger partial charge in [-0.2, -0.15) is 5.06 Å². The van der Waals surface area contributed by atoms with Crippen LogP contribution in [0.3, 0.4) is 0 Å². The molecule has 5 N–H and O–H groups in total. The lowest BCUT2D eigenvalue weighted by atomic mass is 9.96. The highest BCUT2D eigenvalue weighted by atomic mass is 16.6. The highest BCUT2D eigenvalue weighted by Crippen LogP contribution is 2.24. The zero-order valence-corrected chi connectivity index (χ0v) is 27.2. The Morgan fingerprint density at radius 3 is 1.72 bits per heavy atom. The van der Waals surface area contributed by atoms with Crippen molar-refractivity contribution in [3.63, 3.8) is 0 Å². The predicted octanol–water partition coefficient (Wildman–Crippen LogP) is 3.32. The molecule has 2 aliphatic heterocycles. The van der Waals surface area contributed by atoms with E-state index in [4.69, 9.17) is 25.7 Å². The Morgan fingerprint density at radius 2 is 1.30 bits per heavy atom. The molecule has 43 heavy (non-hydrogen) atoms. The number of hydrogen-bond acceptors (Lipinski definition) is 9. The number of primary amides is 2. The maximum atomic E-state index is 12.5. The van der Waals surface area contributed by atoms with Crippen molar-refractivity contribution >= 4 is 30.1 Å². The largest absolute Gasteiger partial charge is 0.444 e. The van der Waals surface area contributed by atoms with Gasteiger partial charge in [-0.1, -0.05) is 25.2 Å². The highest BCUT2D eigenvalue weighted by Gasteiger charge is 2.41. The number of rotatable bonds is 3. The van der Waals surface area contributed by atoms with Crippen molar-refractivity contribution in [2.24, 2.45) is 17.4 Å². The Labute approximate surface area is 253 Å². The molecule has 14 heteroatoms. The van der Waals surface area contributed by atoms with Crippen molar-refractivity contribution < 1.29 is 43.4 Å². The third-order valence-electron chi connectivity index (χ3n) is 5.87.